The summed E-state index contributed by atoms with van der Waals surface area (Å²) in [7, 11) is 0. The highest BCUT2D eigenvalue weighted by Crippen LogP contribution is 2.43. The largest absolute Gasteiger partial charge is 0.487 e. The minimum Gasteiger partial charge on any atom is -0.487 e. The molecule has 16 heavy (non-hydrogen) atoms. The van der Waals surface area contributed by atoms with Crippen molar-refractivity contribution in [3.8, 4) is 5.75 Å². The first-order valence-corrected chi connectivity index (χ1v) is 6.23. The number of fused-ring (bicyclic) bond motifs is 1. The van der Waals surface area contributed by atoms with Crippen LogP contribution in [0.2, 0.25) is 0 Å². The Kier molecular flexibility index (Phi) is 2.59. The van der Waals surface area contributed by atoms with Gasteiger partial charge in [-0.15, -0.1) is 0 Å². The molecule has 0 atom stereocenters. The van der Waals surface area contributed by atoms with Crippen molar-refractivity contribution < 1.29 is 9.84 Å². The van der Waals surface area contributed by atoms with E-state index in [1.54, 1.807) is 13.8 Å². The zero-order chi connectivity index (χ0) is 12.1. The van der Waals surface area contributed by atoms with Crippen LogP contribution in [0.4, 0.5) is 0 Å². The lowest BCUT2D eigenvalue weighted by molar-refractivity contribution is 0.0689. The van der Waals surface area contributed by atoms with Crippen LogP contribution in [0, 0.1) is 0 Å². The van der Waals surface area contributed by atoms with E-state index in [1.165, 1.54) is 0 Å². The first-order valence-electron chi connectivity index (χ1n) is 5.43. The van der Waals surface area contributed by atoms with E-state index in [0.717, 1.165) is 27.8 Å². The van der Waals surface area contributed by atoms with Crippen molar-refractivity contribution in [3.63, 3.8) is 0 Å². The molecule has 0 radical (unpaired) electrons. The Morgan fingerprint density at radius 3 is 2.56 bits per heavy atom. The molecule has 1 aliphatic heterocycles. The van der Waals surface area contributed by atoms with Gasteiger partial charge in [-0.3, -0.25) is 0 Å². The third-order valence-corrected chi connectivity index (χ3v) is 3.24. The standard InChI is InChI=1S/C13H17BrO2/c1-12(2)7-8-5-9(14)6-10(11(8)16-12)13(3,4)15/h5-6,15H,7H2,1-4H3. The van der Waals surface area contributed by atoms with Gasteiger partial charge in [-0.25, -0.2) is 0 Å². The average molecular weight is 285 g/mol. The van der Waals surface area contributed by atoms with E-state index in [9.17, 15) is 5.11 Å². The van der Waals surface area contributed by atoms with Crippen LogP contribution in [0.5, 0.6) is 5.75 Å². The molecule has 0 amide bonds. The maximum Gasteiger partial charge on any atom is 0.129 e. The van der Waals surface area contributed by atoms with E-state index in [4.69, 9.17) is 4.74 Å². The summed E-state index contributed by atoms with van der Waals surface area (Å²) in [5, 5.41) is 10.1. The highest BCUT2D eigenvalue weighted by atomic mass is 79.9. The van der Waals surface area contributed by atoms with Crippen molar-refractivity contribution >= 4 is 15.9 Å². The van der Waals surface area contributed by atoms with Crippen LogP contribution in [0.1, 0.15) is 38.8 Å². The Balaban J connectivity index is 2.58. The molecule has 1 heterocycles. The van der Waals surface area contributed by atoms with E-state index in [0.29, 0.717) is 0 Å². The average Bonchev–Trinajstić information content (AvgIpc) is 2.35. The Morgan fingerprint density at radius 2 is 2.00 bits per heavy atom. The predicted octanol–water partition coefficient (Wildman–Crippen LogP) is 3.39. The molecule has 0 bridgehead atoms. The minimum atomic E-state index is -0.881. The van der Waals surface area contributed by atoms with Crippen molar-refractivity contribution in [3.05, 3.63) is 27.7 Å². The van der Waals surface area contributed by atoms with Crippen molar-refractivity contribution in [2.45, 2.75) is 45.3 Å². The highest BCUT2D eigenvalue weighted by molar-refractivity contribution is 9.10. The summed E-state index contributed by atoms with van der Waals surface area (Å²) in [6, 6.07) is 4.00. The summed E-state index contributed by atoms with van der Waals surface area (Å²) < 4.78 is 6.92. The Bertz CT molecular complexity index is 430. The van der Waals surface area contributed by atoms with Crippen LogP contribution in [0.3, 0.4) is 0 Å². The van der Waals surface area contributed by atoms with Gasteiger partial charge in [0.2, 0.25) is 0 Å². The molecule has 2 rings (SSSR count). The zero-order valence-electron chi connectivity index (χ0n) is 10.1. The van der Waals surface area contributed by atoms with Crippen LogP contribution < -0.4 is 4.74 Å². The molecule has 2 nitrogen and oxygen atoms in total. The van der Waals surface area contributed by atoms with Crippen LogP contribution in [0.15, 0.2) is 16.6 Å². The zero-order valence-corrected chi connectivity index (χ0v) is 11.7. The molecular weight excluding hydrogens is 268 g/mol. The fraction of sp³-hybridized carbons (Fsp3) is 0.538. The van der Waals surface area contributed by atoms with Crippen LogP contribution in [0.25, 0.3) is 0 Å². The fourth-order valence-electron chi connectivity index (χ4n) is 2.13. The second kappa shape index (κ2) is 3.47. The second-order valence-corrected chi connectivity index (χ2v) is 6.45. The second-order valence-electron chi connectivity index (χ2n) is 5.54. The molecule has 0 fully saturated rings. The number of ether oxygens (including phenoxy) is 1. The van der Waals surface area contributed by atoms with Gasteiger partial charge in [-0.2, -0.15) is 0 Å². The molecule has 1 aliphatic rings. The smallest absolute Gasteiger partial charge is 0.129 e. The van der Waals surface area contributed by atoms with Gasteiger partial charge in [-0.1, -0.05) is 15.9 Å². The van der Waals surface area contributed by atoms with E-state index in [-0.39, 0.29) is 5.60 Å². The number of hydrogen-bond donors (Lipinski definition) is 1. The van der Waals surface area contributed by atoms with E-state index in [1.807, 2.05) is 6.07 Å². The first-order chi connectivity index (χ1) is 7.19. The lowest BCUT2D eigenvalue weighted by Crippen LogP contribution is -2.25. The molecule has 0 aliphatic carbocycles. The molecule has 0 spiro atoms. The van der Waals surface area contributed by atoms with E-state index in [2.05, 4.69) is 35.8 Å². The predicted molar refractivity (Wildman–Crippen MR) is 67.8 cm³/mol. The molecule has 0 aromatic heterocycles. The quantitative estimate of drug-likeness (QED) is 0.857. The molecule has 88 valence electrons. The van der Waals surface area contributed by atoms with Crippen molar-refractivity contribution in [2.24, 2.45) is 0 Å². The van der Waals surface area contributed by atoms with Crippen molar-refractivity contribution in [1.29, 1.82) is 0 Å². The monoisotopic (exact) mass is 284 g/mol. The summed E-state index contributed by atoms with van der Waals surface area (Å²) in [6.45, 7) is 7.69. The van der Waals surface area contributed by atoms with Gasteiger partial charge in [0.1, 0.15) is 11.4 Å². The Labute approximate surface area is 105 Å². The van der Waals surface area contributed by atoms with Gasteiger partial charge < -0.3 is 9.84 Å². The molecule has 0 saturated carbocycles. The van der Waals surface area contributed by atoms with Crippen LogP contribution in [-0.2, 0) is 12.0 Å². The lowest BCUT2D eigenvalue weighted by Gasteiger charge is -2.23. The number of hydrogen-bond acceptors (Lipinski definition) is 2. The molecule has 3 heteroatoms. The lowest BCUT2D eigenvalue weighted by atomic mass is 9.94. The Hall–Kier alpha value is -0.540. The van der Waals surface area contributed by atoms with Gasteiger partial charge in [0, 0.05) is 16.5 Å². The number of benzene rings is 1. The van der Waals surface area contributed by atoms with Crippen molar-refractivity contribution in [2.75, 3.05) is 0 Å². The number of aliphatic hydroxyl groups is 1. The molecule has 1 aromatic carbocycles. The highest BCUT2D eigenvalue weighted by Gasteiger charge is 2.35. The van der Waals surface area contributed by atoms with Gasteiger partial charge in [0.15, 0.2) is 0 Å². The van der Waals surface area contributed by atoms with Gasteiger partial charge in [-0.05, 0) is 45.4 Å². The van der Waals surface area contributed by atoms with Gasteiger partial charge >= 0.3 is 0 Å². The summed E-state index contributed by atoms with van der Waals surface area (Å²) in [6.07, 6.45) is 0.880. The normalized spacial score (nSPS) is 18.1. The fourth-order valence-corrected chi connectivity index (χ4v) is 2.63. The van der Waals surface area contributed by atoms with E-state index >= 15 is 0 Å². The summed E-state index contributed by atoms with van der Waals surface area (Å²) >= 11 is 3.48. The first kappa shape index (κ1) is 11.9. The maximum atomic E-state index is 10.1. The van der Waals surface area contributed by atoms with Crippen LogP contribution >= 0.6 is 15.9 Å². The summed E-state index contributed by atoms with van der Waals surface area (Å²) in [5.41, 5.74) is 0.955. The number of rotatable bonds is 1. The van der Waals surface area contributed by atoms with Crippen molar-refractivity contribution in [1.82, 2.24) is 0 Å². The summed E-state index contributed by atoms with van der Waals surface area (Å²) in [5.74, 6) is 0.848. The Morgan fingerprint density at radius 1 is 1.38 bits per heavy atom. The maximum absolute atomic E-state index is 10.1. The van der Waals surface area contributed by atoms with Crippen LogP contribution in [-0.4, -0.2) is 10.7 Å². The van der Waals surface area contributed by atoms with E-state index < -0.39 is 5.60 Å². The third kappa shape index (κ3) is 2.11. The topological polar surface area (TPSA) is 29.5 Å². The number of halogens is 1. The van der Waals surface area contributed by atoms with Gasteiger partial charge in [0.05, 0.1) is 5.60 Å². The van der Waals surface area contributed by atoms with Gasteiger partial charge in [0.25, 0.3) is 0 Å². The molecule has 0 saturated heterocycles. The SMILES string of the molecule is CC1(C)Cc2cc(Br)cc(C(C)(C)O)c2O1. The molecule has 1 N–H and O–H groups in total. The third-order valence-electron chi connectivity index (χ3n) is 2.78. The molecular formula is C13H17BrO2. The summed E-state index contributed by atoms with van der Waals surface area (Å²) in [4.78, 5) is 0. The molecule has 0 unspecified atom stereocenters. The minimum absolute atomic E-state index is 0.177. The molecule has 1 aromatic rings.